The molecule has 0 bridgehead atoms. The molecule has 2 aliphatic heterocycles. The second kappa shape index (κ2) is 11.3. The highest BCUT2D eigenvalue weighted by Crippen LogP contribution is 2.68. The molecule has 0 amide bonds. The number of methoxy groups -OCH3 is 3. The highest BCUT2D eigenvalue weighted by atomic mass is 16.5. The van der Waals surface area contributed by atoms with Crippen LogP contribution >= 0.6 is 0 Å². The first-order valence-corrected chi connectivity index (χ1v) is 18.6. The van der Waals surface area contributed by atoms with Crippen LogP contribution in [0.2, 0.25) is 0 Å². The number of fused-ring (bicyclic) bond motifs is 12. The Bertz CT molecular complexity index is 2230. The second-order valence-corrected chi connectivity index (χ2v) is 17.0. The highest BCUT2D eigenvalue weighted by Gasteiger charge is 2.56. The average molecular weight is 693 g/mol. The van der Waals surface area contributed by atoms with E-state index in [1.54, 1.807) is 21.3 Å². The molecule has 1 fully saturated rings. The van der Waals surface area contributed by atoms with E-state index in [1.807, 2.05) is 24.3 Å². The van der Waals surface area contributed by atoms with E-state index in [-0.39, 0.29) is 16.2 Å². The summed E-state index contributed by atoms with van der Waals surface area (Å²) in [5, 5.41) is 2.29. The molecule has 0 saturated heterocycles. The van der Waals surface area contributed by atoms with E-state index in [2.05, 4.69) is 95.3 Å². The molecule has 2 aliphatic carbocycles. The highest BCUT2D eigenvalue weighted by molar-refractivity contribution is 6.11. The fourth-order valence-corrected chi connectivity index (χ4v) is 11.0. The first-order chi connectivity index (χ1) is 24.9. The lowest BCUT2D eigenvalue weighted by molar-refractivity contribution is 0.0641. The molecule has 0 N–H and O–H groups in total. The molecule has 52 heavy (non-hydrogen) atoms. The Morgan fingerprint density at radius 2 is 1.33 bits per heavy atom. The summed E-state index contributed by atoms with van der Waals surface area (Å²) in [6.07, 6.45) is 8.78. The van der Waals surface area contributed by atoms with Crippen molar-refractivity contribution in [3.8, 4) is 39.9 Å². The van der Waals surface area contributed by atoms with Crippen LogP contribution in [-0.4, -0.2) is 27.9 Å². The predicted molar refractivity (Wildman–Crippen MR) is 208 cm³/mol. The smallest absolute Gasteiger partial charge is 0.178 e. The third-order valence-corrected chi connectivity index (χ3v) is 12.2. The molecule has 1 saturated carbocycles. The van der Waals surface area contributed by atoms with Gasteiger partial charge in [0.25, 0.3) is 0 Å². The third kappa shape index (κ3) is 4.67. The monoisotopic (exact) mass is 692 g/mol. The van der Waals surface area contributed by atoms with E-state index >= 15 is 0 Å². The standard InChI is InChI=1S/C47H48O5/c1-28-9-18-33-37(23-28)46(26-44(2,3)25-45(4,5)27-46)41-35-19-21-47(29-10-14-31(48-6)15-11-29,30-12-16-32(49-7)17-13-30)52-42(35)36-24-38(50-8)43-34(20-22-51-43)39(36)40(33)41/h9-19,21,23-24H,20,22,25-27H2,1-8H3. The molecule has 0 aromatic heterocycles. The Morgan fingerprint density at radius 1 is 0.692 bits per heavy atom. The number of ether oxygens (including phenoxy) is 5. The first kappa shape index (κ1) is 33.0. The Balaban J connectivity index is 1.42. The van der Waals surface area contributed by atoms with Crippen LogP contribution in [0.25, 0.3) is 28.0 Å². The van der Waals surface area contributed by atoms with Crippen LogP contribution in [0, 0.1) is 17.8 Å². The van der Waals surface area contributed by atoms with Gasteiger partial charge >= 0.3 is 0 Å². The van der Waals surface area contributed by atoms with Crippen molar-refractivity contribution in [2.45, 2.75) is 71.3 Å². The molecule has 1 spiro atoms. The molecule has 5 heteroatoms. The second-order valence-electron chi connectivity index (χ2n) is 17.0. The summed E-state index contributed by atoms with van der Waals surface area (Å²) in [7, 11) is 5.14. The van der Waals surface area contributed by atoms with Gasteiger partial charge in [0, 0.05) is 44.9 Å². The minimum absolute atomic E-state index is 0.131. The van der Waals surface area contributed by atoms with Crippen molar-refractivity contribution in [2.75, 3.05) is 27.9 Å². The van der Waals surface area contributed by atoms with Crippen molar-refractivity contribution in [1.29, 1.82) is 0 Å². The normalized spacial score (nSPS) is 19.2. The van der Waals surface area contributed by atoms with Gasteiger partial charge in [-0.3, -0.25) is 0 Å². The summed E-state index contributed by atoms with van der Waals surface area (Å²) in [6, 6.07) is 25.9. The van der Waals surface area contributed by atoms with Crippen LogP contribution in [-0.2, 0) is 17.4 Å². The molecular weight excluding hydrogens is 645 g/mol. The maximum absolute atomic E-state index is 7.73. The van der Waals surface area contributed by atoms with Crippen molar-refractivity contribution in [3.05, 3.63) is 118 Å². The summed E-state index contributed by atoms with van der Waals surface area (Å²) in [5.41, 5.74) is 10.4. The molecule has 5 nitrogen and oxygen atoms in total. The van der Waals surface area contributed by atoms with Gasteiger partial charge < -0.3 is 23.7 Å². The van der Waals surface area contributed by atoms with E-state index < -0.39 is 5.60 Å². The number of rotatable bonds is 5. The Morgan fingerprint density at radius 3 is 1.92 bits per heavy atom. The van der Waals surface area contributed by atoms with Crippen LogP contribution in [0.1, 0.15) is 85.9 Å². The first-order valence-electron chi connectivity index (χ1n) is 18.6. The summed E-state index contributed by atoms with van der Waals surface area (Å²) in [4.78, 5) is 0. The zero-order valence-electron chi connectivity index (χ0n) is 31.7. The van der Waals surface area contributed by atoms with Crippen LogP contribution in [0.5, 0.6) is 28.7 Å². The molecule has 4 aliphatic rings. The Hall–Kier alpha value is -4.90. The van der Waals surface area contributed by atoms with Gasteiger partial charge in [0.2, 0.25) is 0 Å². The van der Waals surface area contributed by atoms with Crippen LogP contribution in [0.3, 0.4) is 0 Å². The lowest BCUT2D eigenvalue weighted by Gasteiger charge is -2.52. The van der Waals surface area contributed by atoms with Gasteiger partial charge in [0.05, 0.1) is 27.9 Å². The van der Waals surface area contributed by atoms with Crippen molar-refractivity contribution < 1.29 is 23.7 Å². The zero-order chi connectivity index (χ0) is 36.2. The molecular formula is C47H48O5. The molecule has 2 heterocycles. The molecule has 5 aromatic rings. The average Bonchev–Trinajstić information content (AvgIpc) is 3.71. The Labute approximate surface area is 307 Å². The predicted octanol–water partition coefficient (Wildman–Crippen LogP) is 11.0. The summed E-state index contributed by atoms with van der Waals surface area (Å²) in [5.74, 6) is 4.10. The van der Waals surface area contributed by atoms with Gasteiger partial charge in [-0.2, -0.15) is 0 Å². The van der Waals surface area contributed by atoms with Crippen molar-refractivity contribution in [2.24, 2.45) is 10.8 Å². The minimum Gasteiger partial charge on any atom is -0.497 e. The lowest BCUT2D eigenvalue weighted by atomic mass is 9.52. The van der Waals surface area contributed by atoms with E-state index in [0.29, 0.717) is 6.61 Å². The molecule has 0 radical (unpaired) electrons. The van der Waals surface area contributed by atoms with Crippen LogP contribution in [0.4, 0.5) is 0 Å². The number of hydrogen-bond donors (Lipinski definition) is 0. The summed E-state index contributed by atoms with van der Waals surface area (Å²) in [6.45, 7) is 12.7. The van der Waals surface area contributed by atoms with E-state index in [4.69, 9.17) is 23.7 Å². The summed E-state index contributed by atoms with van der Waals surface area (Å²) >= 11 is 0. The molecule has 5 aromatic carbocycles. The molecule has 9 rings (SSSR count). The SMILES string of the molecule is COc1ccc(C2(c3ccc(OC)cc3)C=Cc3c4c(c5c6c(c(OC)cc5c3O2)OCC6)-c2ccc(C)cc2C42CC(C)(C)CC(C)(C)C2)cc1. The summed E-state index contributed by atoms with van der Waals surface area (Å²) < 4.78 is 31.4. The van der Waals surface area contributed by atoms with Crippen molar-refractivity contribution >= 4 is 16.8 Å². The minimum atomic E-state index is -0.921. The van der Waals surface area contributed by atoms with E-state index in [0.717, 1.165) is 64.5 Å². The van der Waals surface area contributed by atoms with E-state index in [9.17, 15) is 0 Å². The van der Waals surface area contributed by atoms with Gasteiger partial charge in [-0.15, -0.1) is 0 Å². The van der Waals surface area contributed by atoms with Gasteiger partial charge in [0.1, 0.15) is 17.2 Å². The third-order valence-electron chi connectivity index (χ3n) is 12.2. The molecule has 266 valence electrons. The number of benzene rings is 5. The van der Waals surface area contributed by atoms with Gasteiger partial charge in [0.15, 0.2) is 17.1 Å². The fraction of sp³-hybridized carbons (Fsp3) is 0.362. The van der Waals surface area contributed by atoms with Crippen LogP contribution in [0.15, 0.2) is 78.9 Å². The number of aryl methyl sites for hydroxylation is 1. The maximum Gasteiger partial charge on any atom is 0.178 e. The van der Waals surface area contributed by atoms with Crippen molar-refractivity contribution in [1.82, 2.24) is 0 Å². The van der Waals surface area contributed by atoms with Crippen molar-refractivity contribution in [3.63, 3.8) is 0 Å². The lowest BCUT2D eigenvalue weighted by Crippen LogP contribution is -2.44. The Kier molecular flexibility index (Phi) is 7.16. The zero-order valence-corrected chi connectivity index (χ0v) is 31.7. The largest absolute Gasteiger partial charge is 0.497 e. The van der Waals surface area contributed by atoms with E-state index in [1.165, 1.54) is 50.8 Å². The van der Waals surface area contributed by atoms with Gasteiger partial charge in [-0.05, 0) is 95.7 Å². The quantitative estimate of drug-likeness (QED) is 0.183. The van der Waals surface area contributed by atoms with Gasteiger partial charge in [-0.1, -0.05) is 81.8 Å². The molecule has 0 atom stereocenters. The number of hydrogen-bond acceptors (Lipinski definition) is 5. The van der Waals surface area contributed by atoms with Crippen LogP contribution < -0.4 is 23.7 Å². The molecule has 0 unspecified atom stereocenters. The van der Waals surface area contributed by atoms with Gasteiger partial charge in [-0.25, -0.2) is 0 Å². The maximum atomic E-state index is 7.73. The fourth-order valence-electron chi connectivity index (χ4n) is 11.0. The topological polar surface area (TPSA) is 46.2 Å².